The van der Waals surface area contributed by atoms with Gasteiger partial charge in [-0.3, -0.25) is 4.99 Å². The molecule has 6 heteroatoms. The fraction of sp³-hybridized carbons (Fsp3) is 0.684. The van der Waals surface area contributed by atoms with E-state index in [9.17, 15) is 0 Å². The number of rotatable bonds is 12. The van der Waals surface area contributed by atoms with Crippen LogP contribution < -0.4 is 10.6 Å². The number of unbranched alkanes of at least 4 members (excludes halogenated alkanes) is 4. The molecule has 0 aromatic carbocycles. The molecule has 0 unspecified atom stereocenters. The minimum absolute atomic E-state index is 0.535. The van der Waals surface area contributed by atoms with Gasteiger partial charge in [-0.1, -0.05) is 36.9 Å². The fourth-order valence-corrected chi connectivity index (χ4v) is 2.59. The van der Waals surface area contributed by atoms with Gasteiger partial charge < -0.3 is 15.5 Å². The summed E-state index contributed by atoms with van der Waals surface area (Å²) in [5, 5.41) is 7.21. The Balaban J connectivity index is 2.16. The van der Waals surface area contributed by atoms with Gasteiger partial charge in [-0.15, -0.1) is 0 Å². The summed E-state index contributed by atoms with van der Waals surface area (Å²) >= 11 is 5.80. The summed E-state index contributed by atoms with van der Waals surface area (Å²) in [6.07, 6.45) is 9.05. The highest BCUT2D eigenvalue weighted by atomic mass is 35.5. The molecule has 0 bridgehead atoms. The number of hydrogen-bond donors (Lipinski definition) is 2. The van der Waals surface area contributed by atoms with E-state index in [2.05, 4.69) is 46.5 Å². The van der Waals surface area contributed by atoms with Gasteiger partial charge in [-0.05, 0) is 58.5 Å². The molecule has 0 amide bonds. The molecule has 0 aliphatic carbocycles. The quantitative estimate of drug-likeness (QED) is 0.257. The van der Waals surface area contributed by atoms with Crippen LogP contribution in [0.3, 0.4) is 0 Å². The maximum Gasteiger partial charge on any atom is 0.191 e. The van der Waals surface area contributed by atoms with E-state index in [1.165, 1.54) is 37.8 Å². The largest absolute Gasteiger partial charge is 0.357 e. The smallest absolute Gasteiger partial charge is 0.191 e. The summed E-state index contributed by atoms with van der Waals surface area (Å²) in [5.41, 5.74) is 1.17. The zero-order valence-corrected chi connectivity index (χ0v) is 16.8. The number of aromatic nitrogens is 1. The monoisotopic (exact) mass is 367 g/mol. The number of halogens is 1. The summed E-state index contributed by atoms with van der Waals surface area (Å²) in [7, 11) is 4.26. The third-order valence-electron chi connectivity index (χ3n) is 3.87. The predicted octanol–water partition coefficient (Wildman–Crippen LogP) is 3.34. The Morgan fingerprint density at radius 2 is 1.88 bits per heavy atom. The topological polar surface area (TPSA) is 52.6 Å². The Hall–Kier alpha value is -1.33. The van der Waals surface area contributed by atoms with Gasteiger partial charge in [-0.2, -0.15) is 0 Å². The van der Waals surface area contributed by atoms with Crippen LogP contribution in [0.15, 0.2) is 23.3 Å². The minimum Gasteiger partial charge on any atom is -0.357 e. The van der Waals surface area contributed by atoms with E-state index < -0.39 is 0 Å². The van der Waals surface area contributed by atoms with Gasteiger partial charge in [0, 0.05) is 25.8 Å². The van der Waals surface area contributed by atoms with E-state index in [0.717, 1.165) is 38.4 Å². The molecule has 142 valence electrons. The third-order valence-corrected chi connectivity index (χ3v) is 4.10. The average molecular weight is 368 g/mol. The Labute approximate surface area is 158 Å². The predicted molar refractivity (Wildman–Crippen MR) is 109 cm³/mol. The van der Waals surface area contributed by atoms with Crippen LogP contribution in [0.5, 0.6) is 0 Å². The first-order chi connectivity index (χ1) is 12.1. The molecule has 5 nitrogen and oxygen atoms in total. The molecule has 0 spiro atoms. The molecule has 1 aromatic heterocycles. The second-order valence-electron chi connectivity index (χ2n) is 6.50. The first-order valence-corrected chi connectivity index (χ1v) is 9.77. The second-order valence-corrected chi connectivity index (χ2v) is 6.88. The van der Waals surface area contributed by atoms with Gasteiger partial charge in [0.2, 0.25) is 0 Å². The van der Waals surface area contributed by atoms with E-state index in [0.29, 0.717) is 5.15 Å². The molecular weight excluding hydrogens is 334 g/mol. The summed E-state index contributed by atoms with van der Waals surface area (Å²) in [6.45, 7) is 5.87. The van der Waals surface area contributed by atoms with E-state index >= 15 is 0 Å². The number of aliphatic imine (C=N–C) groups is 1. The van der Waals surface area contributed by atoms with Crippen molar-refractivity contribution >= 4 is 17.6 Å². The summed E-state index contributed by atoms with van der Waals surface area (Å²) in [5.74, 6) is 0.900. The first kappa shape index (κ1) is 21.7. The minimum atomic E-state index is 0.535. The van der Waals surface area contributed by atoms with Crippen molar-refractivity contribution < 1.29 is 0 Å². The van der Waals surface area contributed by atoms with Crippen LogP contribution in [0.2, 0.25) is 5.15 Å². The van der Waals surface area contributed by atoms with Gasteiger partial charge in [0.15, 0.2) is 5.96 Å². The van der Waals surface area contributed by atoms with Crippen molar-refractivity contribution in [1.82, 2.24) is 20.5 Å². The Morgan fingerprint density at radius 3 is 2.56 bits per heavy atom. The fourth-order valence-electron chi connectivity index (χ4n) is 2.48. The molecule has 0 saturated heterocycles. The lowest BCUT2D eigenvalue weighted by Crippen LogP contribution is -2.38. The molecular formula is C19H34ClN5. The van der Waals surface area contributed by atoms with Gasteiger partial charge in [0.1, 0.15) is 5.15 Å². The van der Waals surface area contributed by atoms with Crippen LogP contribution in [0.4, 0.5) is 0 Å². The zero-order chi connectivity index (χ0) is 18.3. The van der Waals surface area contributed by atoms with E-state index in [4.69, 9.17) is 11.6 Å². The average Bonchev–Trinajstić information content (AvgIpc) is 2.58. The maximum atomic E-state index is 5.80. The number of nitrogens with one attached hydrogen (secondary N) is 2. The highest BCUT2D eigenvalue weighted by molar-refractivity contribution is 6.29. The van der Waals surface area contributed by atoms with Crippen LogP contribution in [-0.2, 0) is 6.42 Å². The SMILES string of the molecule is CCNC(=NCCCCCCCN(C)C)NCCc1ccc(Cl)nc1. The lowest BCUT2D eigenvalue weighted by atomic mass is 10.1. The molecule has 0 aliphatic rings. The van der Waals surface area contributed by atoms with Crippen LogP contribution >= 0.6 is 11.6 Å². The van der Waals surface area contributed by atoms with Crippen molar-refractivity contribution in [1.29, 1.82) is 0 Å². The lowest BCUT2D eigenvalue weighted by molar-refractivity contribution is 0.390. The Kier molecular flexibility index (Phi) is 12.1. The highest BCUT2D eigenvalue weighted by Gasteiger charge is 1.99. The van der Waals surface area contributed by atoms with Crippen molar-refractivity contribution in [3.05, 3.63) is 29.0 Å². The summed E-state index contributed by atoms with van der Waals surface area (Å²) < 4.78 is 0. The first-order valence-electron chi connectivity index (χ1n) is 9.39. The number of pyridine rings is 1. The lowest BCUT2D eigenvalue weighted by Gasteiger charge is -2.11. The van der Waals surface area contributed by atoms with Crippen molar-refractivity contribution in [2.24, 2.45) is 4.99 Å². The molecule has 2 N–H and O–H groups in total. The van der Waals surface area contributed by atoms with Crippen molar-refractivity contribution in [3.8, 4) is 0 Å². The standard InChI is InChI=1S/C19H34ClN5/c1-4-21-19(22-13-8-6-5-7-9-15-25(2)3)23-14-12-17-10-11-18(20)24-16-17/h10-11,16H,4-9,12-15H2,1-3H3,(H2,21,22,23). The van der Waals surface area contributed by atoms with Crippen molar-refractivity contribution in [2.45, 2.75) is 45.4 Å². The van der Waals surface area contributed by atoms with E-state index in [1.54, 1.807) is 0 Å². The molecule has 0 radical (unpaired) electrons. The van der Waals surface area contributed by atoms with Crippen molar-refractivity contribution in [2.75, 3.05) is 40.3 Å². The third kappa shape index (κ3) is 11.8. The molecule has 25 heavy (non-hydrogen) atoms. The molecule has 1 aromatic rings. The number of hydrogen-bond acceptors (Lipinski definition) is 3. The molecule has 1 heterocycles. The van der Waals surface area contributed by atoms with Crippen LogP contribution in [0.25, 0.3) is 0 Å². The molecule has 0 aliphatic heterocycles. The number of guanidine groups is 1. The zero-order valence-electron chi connectivity index (χ0n) is 16.0. The van der Waals surface area contributed by atoms with Gasteiger partial charge >= 0.3 is 0 Å². The van der Waals surface area contributed by atoms with E-state index in [1.807, 2.05) is 18.3 Å². The van der Waals surface area contributed by atoms with E-state index in [-0.39, 0.29) is 0 Å². The second kappa shape index (κ2) is 13.9. The Bertz CT molecular complexity index is 473. The van der Waals surface area contributed by atoms with Crippen LogP contribution in [-0.4, -0.2) is 56.1 Å². The van der Waals surface area contributed by atoms with Crippen LogP contribution in [0.1, 0.15) is 44.6 Å². The molecule has 1 rings (SSSR count). The summed E-state index contributed by atoms with van der Waals surface area (Å²) in [4.78, 5) is 11.0. The van der Waals surface area contributed by atoms with Gasteiger partial charge in [0.25, 0.3) is 0 Å². The number of nitrogens with zero attached hydrogens (tertiary/aromatic N) is 3. The maximum absolute atomic E-state index is 5.80. The molecule has 0 saturated carbocycles. The molecule has 0 atom stereocenters. The molecule has 0 fully saturated rings. The normalized spacial score (nSPS) is 11.8. The van der Waals surface area contributed by atoms with Gasteiger partial charge in [0.05, 0.1) is 0 Å². The highest BCUT2D eigenvalue weighted by Crippen LogP contribution is 2.05. The Morgan fingerprint density at radius 1 is 1.12 bits per heavy atom. The summed E-state index contributed by atoms with van der Waals surface area (Å²) in [6, 6.07) is 3.84. The van der Waals surface area contributed by atoms with Crippen LogP contribution in [0, 0.1) is 0 Å². The van der Waals surface area contributed by atoms with Gasteiger partial charge in [-0.25, -0.2) is 4.98 Å². The van der Waals surface area contributed by atoms with Crippen molar-refractivity contribution in [3.63, 3.8) is 0 Å².